The van der Waals surface area contributed by atoms with Gasteiger partial charge in [-0.05, 0) is 30.2 Å². The Labute approximate surface area is 118 Å². The van der Waals surface area contributed by atoms with Crippen LogP contribution in [-0.2, 0) is 11.2 Å². The van der Waals surface area contributed by atoms with E-state index in [4.69, 9.17) is 9.47 Å². The Morgan fingerprint density at radius 2 is 2.15 bits per heavy atom. The molecule has 20 heavy (non-hydrogen) atoms. The van der Waals surface area contributed by atoms with E-state index >= 15 is 0 Å². The zero-order valence-electron chi connectivity index (χ0n) is 11.6. The van der Waals surface area contributed by atoms with Gasteiger partial charge >= 0.3 is 0 Å². The first kappa shape index (κ1) is 12.9. The monoisotopic (exact) mass is 270 g/mol. The molecule has 2 aromatic rings. The molecule has 3 rings (SSSR count). The van der Waals surface area contributed by atoms with Crippen LogP contribution in [0.25, 0.3) is 11.3 Å². The highest BCUT2D eigenvalue weighted by atomic mass is 16.5. The highest BCUT2D eigenvalue weighted by Gasteiger charge is 2.11. The molecular weight excluding hydrogens is 252 g/mol. The number of hydrogen-bond acceptors (Lipinski definition) is 4. The third-order valence-electron chi connectivity index (χ3n) is 3.37. The molecule has 0 saturated heterocycles. The molecule has 0 aliphatic carbocycles. The minimum Gasteiger partial charge on any atom is -0.475 e. The molecule has 0 saturated carbocycles. The van der Waals surface area contributed by atoms with Crippen molar-refractivity contribution in [2.45, 2.75) is 6.42 Å². The lowest BCUT2D eigenvalue weighted by Crippen LogP contribution is -2.05. The Kier molecular flexibility index (Phi) is 3.83. The molecule has 0 unspecified atom stereocenters. The number of nitrogens with zero attached hydrogens (tertiary/aromatic N) is 1. The summed E-state index contributed by atoms with van der Waals surface area (Å²) in [6.07, 6.45) is 1.08. The van der Waals surface area contributed by atoms with Crippen LogP contribution < -0.4 is 10.1 Å². The van der Waals surface area contributed by atoms with Crippen molar-refractivity contribution in [3.8, 4) is 17.1 Å². The number of hydrogen-bond donors (Lipinski definition) is 1. The molecule has 4 nitrogen and oxygen atoms in total. The molecule has 0 radical (unpaired) electrons. The smallest absolute Gasteiger partial charge is 0.213 e. The lowest BCUT2D eigenvalue weighted by atomic mass is 10.1. The fourth-order valence-corrected chi connectivity index (χ4v) is 2.35. The molecule has 0 amide bonds. The normalized spacial score (nSPS) is 12.8. The summed E-state index contributed by atoms with van der Waals surface area (Å²) in [6.45, 7) is 2.10. The Morgan fingerprint density at radius 1 is 1.20 bits per heavy atom. The van der Waals surface area contributed by atoms with Gasteiger partial charge in [0.05, 0.1) is 12.3 Å². The van der Waals surface area contributed by atoms with E-state index in [0.717, 1.165) is 24.2 Å². The van der Waals surface area contributed by atoms with Crippen LogP contribution >= 0.6 is 0 Å². The van der Waals surface area contributed by atoms with Gasteiger partial charge in [0.25, 0.3) is 0 Å². The molecule has 104 valence electrons. The van der Waals surface area contributed by atoms with Gasteiger partial charge in [-0.25, -0.2) is 4.98 Å². The lowest BCUT2D eigenvalue weighted by molar-refractivity contribution is 0.144. The van der Waals surface area contributed by atoms with Crippen molar-refractivity contribution in [1.29, 1.82) is 0 Å². The first-order valence-electron chi connectivity index (χ1n) is 6.83. The molecule has 1 N–H and O–H groups in total. The Hall–Kier alpha value is -2.07. The van der Waals surface area contributed by atoms with E-state index in [1.807, 2.05) is 18.2 Å². The topological polar surface area (TPSA) is 43.4 Å². The molecule has 1 aliphatic rings. The van der Waals surface area contributed by atoms with Gasteiger partial charge in [-0.15, -0.1) is 0 Å². The molecule has 1 aromatic carbocycles. The molecule has 0 bridgehead atoms. The number of pyridine rings is 1. The number of benzene rings is 1. The van der Waals surface area contributed by atoms with E-state index in [1.54, 1.807) is 7.11 Å². The molecule has 1 aliphatic heterocycles. The number of fused-ring (bicyclic) bond motifs is 1. The summed E-state index contributed by atoms with van der Waals surface area (Å²) in [5, 5.41) is 3.37. The fourth-order valence-electron chi connectivity index (χ4n) is 2.35. The third-order valence-corrected chi connectivity index (χ3v) is 3.37. The van der Waals surface area contributed by atoms with Crippen molar-refractivity contribution in [2.24, 2.45) is 0 Å². The van der Waals surface area contributed by atoms with E-state index in [0.29, 0.717) is 19.1 Å². The van der Waals surface area contributed by atoms with Gasteiger partial charge in [-0.1, -0.05) is 12.1 Å². The average molecular weight is 270 g/mol. The van der Waals surface area contributed by atoms with E-state index in [-0.39, 0.29) is 0 Å². The second-order valence-corrected chi connectivity index (χ2v) is 4.75. The average Bonchev–Trinajstić information content (AvgIpc) is 2.95. The van der Waals surface area contributed by atoms with Gasteiger partial charge in [0.15, 0.2) is 0 Å². The zero-order chi connectivity index (χ0) is 13.8. The molecule has 1 aromatic heterocycles. The van der Waals surface area contributed by atoms with Crippen LogP contribution in [0.3, 0.4) is 0 Å². The van der Waals surface area contributed by atoms with Crippen molar-refractivity contribution >= 4 is 5.69 Å². The third kappa shape index (κ3) is 2.75. The van der Waals surface area contributed by atoms with E-state index in [2.05, 4.69) is 28.5 Å². The number of rotatable bonds is 5. The van der Waals surface area contributed by atoms with Gasteiger partial charge in [0.1, 0.15) is 6.61 Å². The molecule has 4 heteroatoms. The predicted octanol–water partition coefficient (Wildman–Crippen LogP) is 2.74. The van der Waals surface area contributed by atoms with E-state index in [9.17, 15) is 0 Å². The van der Waals surface area contributed by atoms with E-state index in [1.165, 1.54) is 11.3 Å². The van der Waals surface area contributed by atoms with Crippen molar-refractivity contribution in [2.75, 3.05) is 32.2 Å². The fraction of sp³-hybridized carbons (Fsp3) is 0.312. The van der Waals surface area contributed by atoms with Crippen LogP contribution in [0.15, 0.2) is 36.4 Å². The van der Waals surface area contributed by atoms with Crippen molar-refractivity contribution in [1.82, 2.24) is 4.98 Å². The highest BCUT2D eigenvalue weighted by Crippen LogP contribution is 2.28. The summed E-state index contributed by atoms with van der Waals surface area (Å²) in [7, 11) is 1.66. The summed E-state index contributed by atoms with van der Waals surface area (Å²) >= 11 is 0. The van der Waals surface area contributed by atoms with Gasteiger partial charge in [0.2, 0.25) is 5.88 Å². The van der Waals surface area contributed by atoms with Gasteiger partial charge in [0, 0.05) is 31.0 Å². The van der Waals surface area contributed by atoms with Crippen LogP contribution in [0.5, 0.6) is 5.88 Å². The summed E-state index contributed by atoms with van der Waals surface area (Å²) in [4.78, 5) is 4.54. The minimum atomic E-state index is 0.515. The van der Waals surface area contributed by atoms with E-state index < -0.39 is 0 Å². The van der Waals surface area contributed by atoms with Crippen molar-refractivity contribution in [3.63, 3.8) is 0 Å². The predicted molar refractivity (Wildman–Crippen MR) is 79.2 cm³/mol. The Bertz CT molecular complexity index is 599. The molecule has 0 spiro atoms. The molecule has 0 atom stereocenters. The quantitative estimate of drug-likeness (QED) is 0.848. The van der Waals surface area contributed by atoms with Crippen LogP contribution in [0.1, 0.15) is 5.56 Å². The van der Waals surface area contributed by atoms with Gasteiger partial charge < -0.3 is 14.8 Å². The second kappa shape index (κ2) is 5.92. The SMILES string of the molecule is COCCOc1cccc(-c2ccc3c(c2)CCN3)n1. The van der Waals surface area contributed by atoms with Crippen molar-refractivity contribution in [3.05, 3.63) is 42.0 Å². The minimum absolute atomic E-state index is 0.515. The molecule has 2 heterocycles. The Morgan fingerprint density at radius 3 is 3.05 bits per heavy atom. The summed E-state index contributed by atoms with van der Waals surface area (Å²) < 4.78 is 10.5. The van der Waals surface area contributed by atoms with Gasteiger partial charge in [-0.3, -0.25) is 0 Å². The molecular formula is C16H18N2O2. The zero-order valence-corrected chi connectivity index (χ0v) is 11.6. The molecule has 0 fully saturated rings. The lowest BCUT2D eigenvalue weighted by Gasteiger charge is -2.08. The first-order valence-corrected chi connectivity index (χ1v) is 6.83. The summed E-state index contributed by atoms with van der Waals surface area (Å²) in [5.41, 5.74) is 4.66. The maximum atomic E-state index is 5.55. The summed E-state index contributed by atoms with van der Waals surface area (Å²) in [6, 6.07) is 12.3. The van der Waals surface area contributed by atoms with Crippen LogP contribution in [-0.4, -0.2) is 31.9 Å². The first-order chi connectivity index (χ1) is 9.86. The largest absolute Gasteiger partial charge is 0.475 e. The van der Waals surface area contributed by atoms with Crippen LogP contribution in [0.2, 0.25) is 0 Å². The maximum Gasteiger partial charge on any atom is 0.213 e. The summed E-state index contributed by atoms with van der Waals surface area (Å²) in [5.74, 6) is 0.637. The van der Waals surface area contributed by atoms with Crippen molar-refractivity contribution < 1.29 is 9.47 Å². The van der Waals surface area contributed by atoms with Crippen LogP contribution in [0, 0.1) is 0 Å². The highest BCUT2D eigenvalue weighted by molar-refractivity contribution is 5.67. The second-order valence-electron chi connectivity index (χ2n) is 4.75. The number of ether oxygens (including phenoxy) is 2. The van der Waals surface area contributed by atoms with Crippen LogP contribution in [0.4, 0.5) is 5.69 Å². The maximum absolute atomic E-state index is 5.55. The standard InChI is InChI=1S/C16H18N2O2/c1-19-9-10-20-16-4-2-3-15(18-16)12-5-6-14-13(11-12)7-8-17-14/h2-6,11,17H,7-10H2,1H3. The Balaban J connectivity index is 1.81. The number of aromatic nitrogens is 1. The number of anilines is 1. The number of methoxy groups -OCH3 is 1. The van der Waals surface area contributed by atoms with Gasteiger partial charge in [-0.2, -0.15) is 0 Å². The number of nitrogens with one attached hydrogen (secondary N) is 1.